The number of amides is 1. The highest BCUT2D eigenvalue weighted by Crippen LogP contribution is 2.11. The van der Waals surface area contributed by atoms with E-state index in [0.29, 0.717) is 25.2 Å². The highest BCUT2D eigenvalue weighted by Gasteiger charge is 2.23. The van der Waals surface area contributed by atoms with Gasteiger partial charge in [-0.2, -0.15) is 0 Å². The predicted molar refractivity (Wildman–Crippen MR) is 110 cm³/mol. The molecule has 1 amide bonds. The van der Waals surface area contributed by atoms with E-state index in [9.17, 15) is 9.90 Å². The molecule has 2 rings (SSSR count). The average molecular weight is 402 g/mol. The van der Waals surface area contributed by atoms with Crippen LogP contribution in [0.1, 0.15) is 27.2 Å². The van der Waals surface area contributed by atoms with Crippen LogP contribution < -0.4 is 5.73 Å². The first kappa shape index (κ1) is 22.5. The Kier molecular flexibility index (Phi) is 8.75. The quantitative estimate of drug-likeness (QED) is 0.582. The van der Waals surface area contributed by atoms with Crippen LogP contribution in [-0.2, 0) is 11.3 Å². The van der Waals surface area contributed by atoms with Crippen molar-refractivity contribution in [1.29, 1.82) is 0 Å². The summed E-state index contributed by atoms with van der Waals surface area (Å²) in [5.41, 5.74) is 7.42. The van der Waals surface area contributed by atoms with Crippen molar-refractivity contribution in [2.75, 3.05) is 13.2 Å². The Morgan fingerprint density at radius 2 is 2.14 bits per heavy atom. The maximum Gasteiger partial charge on any atom is 0.410 e. The number of aromatic nitrogens is 4. The van der Waals surface area contributed by atoms with Crippen molar-refractivity contribution in [2.45, 2.75) is 51.9 Å². The number of carbonyl (C=O) groups excluding carboxylic acids is 1. The van der Waals surface area contributed by atoms with Gasteiger partial charge in [-0.3, -0.25) is 4.98 Å². The van der Waals surface area contributed by atoms with Crippen LogP contribution in [0.3, 0.4) is 0 Å². The van der Waals surface area contributed by atoms with Crippen molar-refractivity contribution in [3.63, 3.8) is 0 Å². The van der Waals surface area contributed by atoms with Crippen LogP contribution >= 0.6 is 0 Å². The highest BCUT2D eigenvalue weighted by molar-refractivity contribution is 5.68. The Bertz CT molecular complexity index is 778. The second kappa shape index (κ2) is 11.3. The molecule has 0 bridgehead atoms. The Morgan fingerprint density at radius 1 is 1.34 bits per heavy atom. The molecule has 0 spiro atoms. The third-order valence-electron chi connectivity index (χ3n) is 4.58. The lowest BCUT2D eigenvalue weighted by atomic mass is 10.1. The third kappa shape index (κ3) is 6.95. The van der Waals surface area contributed by atoms with Crippen LogP contribution in [-0.4, -0.2) is 67.4 Å². The number of pyridine rings is 1. The normalized spacial score (nSPS) is 14.5. The number of nitrogens with two attached hydrogens (primary N) is 1. The zero-order valence-corrected chi connectivity index (χ0v) is 17.2. The standard InChI is InChI=1S/C20H30N6O3/c1-4-17(27)14-29-20(28)26(16(3)15(2)21)12-8-7-11-25-13-19(23-24-25)18-9-5-6-10-22-18/h5-10,13,15-17,27H,4,11-12,14,21H2,1-3H3/b8-7+/t15-,16+,17-/m1/s1. The first-order valence-electron chi connectivity index (χ1n) is 9.76. The third-order valence-corrected chi connectivity index (χ3v) is 4.58. The van der Waals surface area contributed by atoms with Crippen LogP contribution in [0.2, 0.25) is 0 Å². The van der Waals surface area contributed by atoms with Gasteiger partial charge in [-0.05, 0) is 32.4 Å². The Hall–Kier alpha value is -2.78. The number of aliphatic hydroxyl groups is 1. The molecule has 3 atom stereocenters. The summed E-state index contributed by atoms with van der Waals surface area (Å²) in [4.78, 5) is 18.2. The van der Waals surface area contributed by atoms with Gasteiger partial charge in [0.25, 0.3) is 0 Å². The van der Waals surface area contributed by atoms with Crippen LogP contribution in [0.25, 0.3) is 11.4 Å². The predicted octanol–water partition coefficient (Wildman–Crippen LogP) is 1.84. The molecule has 0 unspecified atom stereocenters. The fourth-order valence-corrected chi connectivity index (χ4v) is 2.45. The van der Waals surface area contributed by atoms with Crippen molar-refractivity contribution in [1.82, 2.24) is 24.9 Å². The van der Waals surface area contributed by atoms with Gasteiger partial charge < -0.3 is 20.5 Å². The number of nitrogens with zero attached hydrogens (tertiary/aromatic N) is 5. The number of carbonyl (C=O) groups is 1. The number of aliphatic hydroxyl groups excluding tert-OH is 1. The van der Waals surface area contributed by atoms with Crippen LogP contribution in [0.4, 0.5) is 4.79 Å². The highest BCUT2D eigenvalue weighted by atomic mass is 16.6. The van der Waals surface area contributed by atoms with Gasteiger partial charge in [-0.15, -0.1) is 5.10 Å². The number of rotatable bonds is 10. The van der Waals surface area contributed by atoms with Crippen LogP contribution in [0.5, 0.6) is 0 Å². The van der Waals surface area contributed by atoms with Gasteiger partial charge in [-0.25, -0.2) is 9.48 Å². The molecule has 2 heterocycles. The molecule has 0 saturated heterocycles. The molecule has 158 valence electrons. The van der Waals surface area contributed by atoms with Gasteiger partial charge in [0.2, 0.25) is 0 Å². The Morgan fingerprint density at radius 3 is 2.79 bits per heavy atom. The lowest BCUT2D eigenvalue weighted by molar-refractivity contribution is 0.0405. The molecule has 0 aliphatic rings. The number of ether oxygens (including phenoxy) is 1. The summed E-state index contributed by atoms with van der Waals surface area (Å²) in [6.07, 6.45) is 6.64. The summed E-state index contributed by atoms with van der Waals surface area (Å²) in [6.45, 7) is 6.34. The molecule has 0 aliphatic carbocycles. The molecule has 0 aromatic carbocycles. The van der Waals surface area contributed by atoms with E-state index in [2.05, 4.69) is 15.3 Å². The lowest BCUT2D eigenvalue weighted by Gasteiger charge is -2.30. The topological polar surface area (TPSA) is 119 Å². The van der Waals surface area contributed by atoms with Gasteiger partial charge in [0, 0.05) is 24.8 Å². The molecule has 0 radical (unpaired) electrons. The second-order valence-corrected chi connectivity index (χ2v) is 6.90. The summed E-state index contributed by atoms with van der Waals surface area (Å²) >= 11 is 0. The summed E-state index contributed by atoms with van der Waals surface area (Å²) in [7, 11) is 0. The van der Waals surface area contributed by atoms with E-state index in [1.807, 2.05) is 57.3 Å². The summed E-state index contributed by atoms with van der Waals surface area (Å²) in [6, 6.07) is 5.18. The molecule has 2 aromatic rings. The van der Waals surface area contributed by atoms with E-state index in [4.69, 9.17) is 10.5 Å². The average Bonchev–Trinajstić information content (AvgIpc) is 3.20. The first-order valence-corrected chi connectivity index (χ1v) is 9.76. The minimum atomic E-state index is -0.664. The maximum absolute atomic E-state index is 12.4. The van der Waals surface area contributed by atoms with Gasteiger partial charge in [0.1, 0.15) is 12.3 Å². The van der Waals surface area contributed by atoms with Crippen molar-refractivity contribution in [2.24, 2.45) is 5.73 Å². The van der Waals surface area contributed by atoms with E-state index in [1.165, 1.54) is 0 Å². The summed E-state index contributed by atoms with van der Waals surface area (Å²) in [5, 5.41) is 17.8. The number of allylic oxidation sites excluding steroid dienone is 1. The molecule has 29 heavy (non-hydrogen) atoms. The number of hydrogen-bond donors (Lipinski definition) is 2. The lowest BCUT2D eigenvalue weighted by Crippen LogP contribution is -2.48. The van der Waals surface area contributed by atoms with Crippen molar-refractivity contribution in [3.05, 3.63) is 42.7 Å². The summed E-state index contributed by atoms with van der Waals surface area (Å²) < 4.78 is 6.90. The minimum absolute atomic E-state index is 0.0313. The molecule has 0 saturated carbocycles. The Balaban J connectivity index is 1.93. The van der Waals surface area contributed by atoms with Crippen molar-refractivity contribution in [3.8, 4) is 11.4 Å². The first-order chi connectivity index (χ1) is 13.9. The largest absolute Gasteiger partial charge is 0.447 e. The van der Waals surface area contributed by atoms with Gasteiger partial charge >= 0.3 is 6.09 Å². The fourth-order valence-electron chi connectivity index (χ4n) is 2.45. The molecule has 0 fully saturated rings. The van der Waals surface area contributed by atoms with Crippen LogP contribution in [0.15, 0.2) is 42.7 Å². The fraction of sp³-hybridized carbons (Fsp3) is 0.500. The van der Waals surface area contributed by atoms with E-state index >= 15 is 0 Å². The molecule has 0 aliphatic heterocycles. The monoisotopic (exact) mass is 402 g/mol. The van der Waals surface area contributed by atoms with Gasteiger partial charge in [0.05, 0.1) is 24.5 Å². The van der Waals surface area contributed by atoms with Crippen LogP contribution in [0, 0.1) is 0 Å². The Labute approximate surface area is 171 Å². The molecule has 9 heteroatoms. The van der Waals surface area contributed by atoms with Gasteiger partial charge in [0.15, 0.2) is 0 Å². The minimum Gasteiger partial charge on any atom is -0.447 e. The zero-order valence-electron chi connectivity index (χ0n) is 17.2. The van der Waals surface area contributed by atoms with Crippen molar-refractivity contribution >= 4 is 6.09 Å². The maximum atomic E-state index is 12.4. The van der Waals surface area contributed by atoms with E-state index in [0.717, 1.165) is 5.69 Å². The van der Waals surface area contributed by atoms with E-state index in [-0.39, 0.29) is 18.7 Å². The molecule has 9 nitrogen and oxygen atoms in total. The van der Waals surface area contributed by atoms with E-state index in [1.54, 1.807) is 15.8 Å². The van der Waals surface area contributed by atoms with Gasteiger partial charge in [-0.1, -0.05) is 30.4 Å². The molecular weight excluding hydrogens is 372 g/mol. The molecular formula is C20H30N6O3. The molecule has 2 aromatic heterocycles. The summed E-state index contributed by atoms with van der Waals surface area (Å²) in [5.74, 6) is 0. The molecule has 3 N–H and O–H groups in total. The van der Waals surface area contributed by atoms with E-state index < -0.39 is 12.2 Å². The number of hydrogen-bond acceptors (Lipinski definition) is 7. The smallest absolute Gasteiger partial charge is 0.410 e. The zero-order chi connectivity index (χ0) is 21.2. The van der Waals surface area contributed by atoms with Crippen molar-refractivity contribution < 1.29 is 14.6 Å². The SMILES string of the molecule is CC[C@@H](O)COC(=O)N(C/C=C/Cn1cc(-c2ccccn2)nn1)[C@@H](C)[C@@H](C)N. The second-order valence-electron chi connectivity index (χ2n) is 6.90.